The summed E-state index contributed by atoms with van der Waals surface area (Å²) in [5.41, 5.74) is 2.85. The van der Waals surface area contributed by atoms with Crippen LogP contribution in [-0.2, 0) is 0 Å². The van der Waals surface area contributed by atoms with Crippen molar-refractivity contribution >= 4 is 33.1 Å². The van der Waals surface area contributed by atoms with Crippen molar-refractivity contribution in [1.82, 2.24) is 9.97 Å². The first kappa shape index (κ1) is 20.2. The molecular weight excluding hydrogens is 421 g/mol. The number of ether oxygens (including phenoxy) is 1. The van der Waals surface area contributed by atoms with Crippen molar-refractivity contribution in [3.63, 3.8) is 0 Å². The zero-order valence-corrected chi connectivity index (χ0v) is 18.4. The molecule has 5 aromatic rings. The average molecular weight is 442 g/mol. The number of halogens is 1. The number of benzene rings is 3. The molecule has 0 aliphatic rings. The molecule has 2 heterocycles. The van der Waals surface area contributed by atoms with Crippen molar-refractivity contribution < 1.29 is 9.13 Å². The van der Waals surface area contributed by atoms with Gasteiger partial charge in [0.05, 0.1) is 5.39 Å². The van der Waals surface area contributed by atoms with Crippen LogP contribution in [0, 0.1) is 19.7 Å². The Balaban J connectivity index is 1.50. The molecule has 32 heavy (non-hydrogen) atoms. The van der Waals surface area contributed by atoms with Gasteiger partial charge in [0.15, 0.2) is 0 Å². The third-order valence-electron chi connectivity index (χ3n) is 5.07. The summed E-state index contributed by atoms with van der Waals surface area (Å²) in [4.78, 5) is 11.3. The van der Waals surface area contributed by atoms with E-state index in [1.165, 1.54) is 12.1 Å². The van der Waals surface area contributed by atoms with Crippen molar-refractivity contribution in [2.24, 2.45) is 0 Å². The van der Waals surface area contributed by atoms with Gasteiger partial charge < -0.3 is 10.1 Å². The molecule has 0 saturated carbocycles. The average Bonchev–Trinajstić information content (AvgIpc) is 3.12. The first-order valence-electron chi connectivity index (χ1n) is 10.2. The van der Waals surface area contributed by atoms with E-state index < -0.39 is 0 Å². The van der Waals surface area contributed by atoms with E-state index in [1.54, 1.807) is 23.5 Å². The number of hydrogen-bond acceptors (Lipinski definition) is 5. The Morgan fingerprint density at radius 2 is 1.50 bits per heavy atom. The highest BCUT2D eigenvalue weighted by atomic mass is 32.1. The van der Waals surface area contributed by atoms with Crippen molar-refractivity contribution in [2.45, 2.75) is 13.8 Å². The predicted molar refractivity (Wildman–Crippen MR) is 129 cm³/mol. The molecule has 1 N–H and O–H groups in total. The van der Waals surface area contributed by atoms with E-state index in [4.69, 9.17) is 4.74 Å². The monoisotopic (exact) mass is 441 g/mol. The second-order valence-electron chi connectivity index (χ2n) is 7.40. The number of fused-ring (bicyclic) bond motifs is 1. The Morgan fingerprint density at radius 3 is 2.22 bits per heavy atom. The molecule has 0 spiro atoms. The van der Waals surface area contributed by atoms with Gasteiger partial charge >= 0.3 is 0 Å². The highest BCUT2D eigenvalue weighted by Gasteiger charge is 2.18. The van der Waals surface area contributed by atoms with Crippen LogP contribution >= 0.6 is 11.3 Å². The number of rotatable bonds is 5. The predicted octanol–water partition coefficient (Wildman–Crippen LogP) is 7.65. The van der Waals surface area contributed by atoms with E-state index in [0.717, 1.165) is 49.2 Å². The summed E-state index contributed by atoms with van der Waals surface area (Å²) in [7, 11) is 0. The Bertz CT molecular complexity index is 1380. The topological polar surface area (TPSA) is 47.0 Å². The smallest absolute Gasteiger partial charge is 0.143 e. The molecule has 5 rings (SSSR count). The van der Waals surface area contributed by atoms with Crippen LogP contribution in [-0.4, -0.2) is 9.97 Å². The van der Waals surface area contributed by atoms with Crippen molar-refractivity contribution in [3.05, 3.63) is 95.4 Å². The number of thiophene rings is 1. The molecule has 0 fully saturated rings. The molecule has 0 aliphatic carbocycles. The fourth-order valence-electron chi connectivity index (χ4n) is 3.64. The second-order valence-corrected chi connectivity index (χ2v) is 8.61. The summed E-state index contributed by atoms with van der Waals surface area (Å²) in [5.74, 6) is 2.71. The molecule has 0 unspecified atom stereocenters. The van der Waals surface area contributed by atoms with Crippen molar-refractivity contribution in [3.8, 4) is 22.6 Å². The third kappa shape index (κ3) is 4.05. The molecule has 0 amide bonds. The third-order valence-corrected chi connectivity index (χ3v) is 6.07. The molecule has 158 valence electrons. The lowest BCUT2D eigenvalue weighted by atomic mass is 10.0. The first-order valence-corrected chi connectivity index (χ1v) is 11.0. The van der Waals surface area contributed by atoms with Crippen LogP contribution in [0.3, 0.4) is 0 Å². The van der Waals surface area contributed by atoms with Crippen molar-refractivity contribution in [2.75, 3.05) is 5.32 Å². The molecule has 0 atom stereocenters. The molecule has 0 radical (unpaired) electrons. The molecule has 2 aromatic heterocycles. The number of nitrogens with one attached hydrogen (secondary N) is 1. The summed E-state index contributed by atoms with van der Waals surface area (Å²) in [6, 6.07) is 24.0. The Morgan fingerprint density at radius 1 is 0.812 bits per heavy atom. The normalized spacial score (nSPS) is 11.0. The van der Waals surface area contributed by atoms with E-state index in [-0.39, 0.29) is 5.82 Å². The van der Waals surface area contributed by atoms with Gasteiger partial charge in [-0.05, 0) is 67.9 Å². The summed E-state index contributed by atoms with van der Waals surface area (Å²) >= 11 is 1.62. The minimum atomic E-state index is -0.255. The molecule has 0 saturated heterocycles. The molecule has 0 bridgehead atoms. The van der Waals surface area contributed by atoms with Crippen molar-refractivity contribution in [1.29, 1.82) is 0 Å². The lowest BCUT2D eigenvalue weighted by molar-refractivity contribution is 0.483. The lowest BCUT2D eigenvalue weighted by Gasteiger charge is -2.11. The Hall–Kier alpha value is -3.77. The van der Waals surface area contributed by atoms with Crippen LogP contribution in [0.15, 0.2) is 78.9 Å². The van der Waals surface area contributed by atoms with Gasteiger partial charge in [0.2, 0.25) is 0 Å². The van der Waals surface area contributed by atoms with E-state index in [9.17, 15) is 4.39 Å². The maximum absolute atomic E-state index is 13.5. The molecule has 6 heteroatoms. The summed E-state index contributed by atoms with van der Waals surface area (Å²) < 4.78 is 19.4. The van der Waals surface area contributed by atoms with Crippen LogP contribution in [0.2, 0.25) is 0 Å². The van der Waals surface area contributed by atoms with Gasteiger partial charge in [0, 0.05) is 16.1 Å². The minimum Gasteiger partial charge on any atom is -0.457 e. The first-order chi connectivity index (χ1) is 15.6. The van der Waals surface area contributed by atoms with E-state index in [2.05, 4.69) is 22.2 Å². The molecule has 4 nitrogen and oxygen atoms in total. The maximum Gasteiger partial charge on any atom is 0.143 e. The van der Waals surface area contributed by atoms with Crippen LogP contribution in [0.5, 0.6) is 11.5 Å². The molecular formula is C26H20FN3OS. The number of anilines is 2. The van der Waals surface area contributed by atoms with Gasteiger partial charge in [-0.2, -0.15) is 0 Å². The van der Waals surface area contributed by atoms with Crippen LogP contribution in [0.4, 0.5) is 15.9 Å². The van der Waals surface area contributed by atoms with Gasteiger partial charge in [-0.25, -0.2) is 14.4 Å². The Kier molecular flexibility index (Phi) is 5.29. The van der Waals surface area contributed by atoms with Crippen LogP contribution in [0.1, 0.15) is 10.7 Å². The van der Waals surface area contributed by atoms with E-state index in [1.807, 2.05) is 61.5 Å². The molecule has 0 aliphatic heterocycles. The number of nitrogens with zero attached hydrogens (tertiary/aromatic N) is 2. The number of hydrogen-bond donors (Lipinski definition) is 1. The Labute approximate surface area is 189 Å². The summed E-state index contributed by atoms with van der Waals surface area (Å²) in [5, 5.41) is 4.38. The highest BCUT2D eigenvalue weighted by Crippen LogP contribution is 2.41. The second kappa shape index (κ2) is 8.40. The maximum atomic E-state index is 13.5. The van der Waals surface area contributed by atoms with E-state index in [0.29, 0.717) is 5.82 Å². The summed E-state index contributed by atoms with van der Waals surface area (Å²) in [6.07, 6.45) is 0. The number of aromatic nitrogens is 2. The fourth-order valence-corrected chi connectivity index (χ4v) is 4.73. The van der Waals surface area contributed by atoms with Gasteiger partial charge in [-0.3, -0.25) is 0 Å². The van der Waals surface area contributed by atoms with Crippen LogP contribution < -0.4 is 10.1 Å². The molecule has 3 aromatic carbocycles. The SMILES string of the molecule is Cc1nc(Nc2ccc(Oc3ccccc3)cc2)c2c(-c3ccc(F)cc3)c(C)sc2n1. The van der Waals surface area contributed by atoms with E-state index >= 15 is 0 Å². The number of para-hydroxylation sites is 1. The largest absolute Gasteiger partial charge is 0.457 e. The minimum absolute atomic E-state index is 0.255. The zero-order valence-electron chi connectivity index (χ0n) is 17.6. The van der Waals surface area contributed by atoms with Crippen LogP contribution in [0.25, 0.3) is 21.3 Å². The number of aryl methyl sites for hydroxylation is 2. The van der Waals surface area contributed by atoms with Gasteiger partial charge in [0.1, 0.15) is 33.8 Å². The lowest BCUT2D eigenvalue weighted by Crippen LogP contribution is -1.98. The quantitative estimate of drug-likeness (QED) is 0.304. The highest BCUT2D eigenvalue weighted by molar-refractivity contribution is 7.19. The van der Waals surface area contributed by atoms with Gasteiger partial charge in [-0.1, -0.05) is 30.3 Å². The fraction of sp³-hybridized carbons (Fsp3) is 0.0769. The standard InChI is InChI=1S/C26H20FN3OS/c1-16-23(18-8-10-19(27)11-9-18)24-25(28-17(2)29-26(24)32-16)30-20-12-14-22(15-13-20)31-21-6-4-3-5-7-21/h3-15H,1-2H3,(H,28,29,30). The van der Waals surface area contributed by atoms with Gasteiger partial charge in [-0.15, -0.1) is 11.3 Å². The summed E-state index contributed by atoms with van der Waals surface area (Å²) in [6.45, 7) is 3.94. The van der Waals surface area contributed by atoms with Gasteiger partial charge in [0.25, 0.3) is 0 Å². The zero-order chi connectivity index (χ0) is 22.1.